The molecule has 360 valence electrons. The number of phenols is 3. The number of hydrogen-bond acceptors (Lipinski definition) is 8. The lowest BCUT2D eigenvalue weighted by Gasteiger charge is -2.25. The molecule has 5 atom stereocenters. The van der Waals surface area contributed by atoms with Gasteiger partial charge in [-0.15, -0.1) is 12.8 Å². The zero-order valence-corrected chi connectivity index (χ0v) is 42.3. The standard InChI is InChI=1S/C11H13FO2.C10H10BrFO.C10H8BrFO.C10H11FO2.C6H4BrFO.C4H6O/c1-6-3-4-8-7(2)10(13)5-9(12)11(8)14-6;1-6-2-3-7-4-8(11)5-9(12)10(7)13-6;1-3-7(2)13-10-5-4-8(11)6-9(10)12;1-6-2-3-7-4-8(12)5-9(11)10(7)13-6;7-4-1-2-6(9)5(8)3-4;1-3-4(2)5/h5-6,13H,3-4H2,1-2H3;4-6H,2-3H2,1H3;1,4-7H,2H3;4-6,12H,2-3H2,1H3;1-3,9H;1,4-5H,2H3. The van der Waals surface area contributed by atoms with Gasteiger partial charge in [0.25, 0.3) is 0 Å². The van der Waals surface area contributed by atoms with E-state index in [4.69, 9.17) is 40.7 Å². The van der Waals surface area contributed by atoms with Crippen molar-refractivity contribution < 1.29 is 61.3 Å². The number of aliphatic hydroxyl groups excluding tert-OH is 1. The van der Waals surface area contributed by atoms with Crippen molar-refractivity contribution in [2.24, 2.45) is 0 Å². The highest BCUT2D eigenvalue weighted by Gasteiger charge is 2.24. The second kappa shape index (κ2) is 27.0. The monoisotopic (exact) mass is 1120 g/mol. The van der Waals surface area contributed by atoms with Crippen LogP contribution in [0.4, 0.5) is 22.0 Å². The molecule has 5 aromatic carbocycles. The van der Waals surface area contributed by atoms with Crippen molar-refractivity contribution in [3.8, 4) is 64.9 Å². The summed E-state index contributed by atoms with van der Waals surface area (Å²) in [7, 11) is 0. The summed E-state index contributed by atoms with van der Waals surface area (Å²) in [4.78, 5) is 0. The molecular weight excluding hydrogens is 1080 g/mol. The van der Waals surface area contributed by atoms with E-state index in [9.17, 15) is 27.1 Å². The molecule has 3 aliphatic heterocycles. The fraction of sp³-hybridized carbons (Fsp3) is 0.333. The van der Waals surface area contributed by atoms with Crippen LogP contribution in [-0.2, 0) is 19.3 Å². The van der Waals surface area contributed by atoms with Crippen molar-refractivity contribution in [2.45, 2.75) is 111 Å². The van der Waals surface area contributed by atoms with Gasteiger partial charge in [-0.2, -0.15) is 0 Å². The topological polar surface area (TPSA) is 118 Å². The Labute approximate surface area is 413 Å². The summed E-state index contributed by atoms with van der Waals surface area (Å²) in [5, 5.41) is 35.3. The van der Waals surface area contributed by atoms with Gasteiger partial charge in [0.1, 0.15) is 17.6 Å². The molecule has 0 amide bonds. The van der Waals surface area contributed by atoms with E-state index in [0.29, 0.717) is 26.2 Å². The summed E-state index contributed by atoms with van der Waals surface area (Å²) in [6, 6.07) is 15.7. The normalized spacial score (nSPS) is 16.8. The molecule has 0 fully saturated rings. The predicted molar refractivity (Wildman–Crippen MR) is 260 cm³/mol. The molecule has 0 spiro atoms. The molecule has 0 aliphatic carbocycles. The SMILES string of the molecule is C#CC(C)O.C#CC(C)Oc1ccc(Br)cc1F.CC1CCc2cc(Br)cc(F)c2O1.CC1CCc2cc(O)cc(F)c2O1.Cc1c(O)cc(F)c2c1CCC(C)O2.Oc1ccc(Br)cc1F. The Morgan fingerprint density at radius 3 is 1.57 bits per heavy atom. The number of aromatic hydroxyl groups is 3. The summed E-state index contributed by atoms with van der Waals surface area (Å²) < 4.78 is 88.8. The first-order chi connectivity index (χ1) is 31.5. The van der Waals surface area contributed by atoms with Gasteiger partial charge in [0.15, 0.2) is 63.9 Å². The van der Waals surface area contributed by atoms with E-state index in [1.54, 1.807) is 39.0 Å². The third-order valence-electron chi connectivity index (χ3n) is 9.76. The van der Waals surface area contributed by atoms with Gasteiger partial charge < -0.3 is 39.4 Å². The van der Waals surface area contributed by atoms with Crippen molar-refractivity contribution in [2.75, 3.05) is 0 Å². The van der Waals surface area contributed by atoms with Crippen LogP contribution in [0.3, 0.4) is 0 Å². The number of phenolic OH excluding ortho intramolecular Hbond substituents is 3. The van der Waals surface area contributed by atoms with Crippen molar-refractivity contribution in [1.29, 1.82) is 0 Å². The van der Waals surface area contributed by atoms with Gasteiger partial charge in [-0.05, 0) is 146 Å². The van der Waals surface area contributed by atoms with Gasteiger partial charge in [0.2, 0.25) is 0 Å². The number of benzene rings is 5. The molecule has 0 aromatic heterocycles. The number of hydrogen-bond donors (Lipinski definition) is 4. The summed E-state index contributed by atoms with van der Waals surface area (Å²) >= 11 is 9.45. The summed E-state index contributed by atoms with van der Waals surface area (Å²) in [5.41, 5.74) is 3.26. The third kappa shape index (κ3) is 18.1. The van der Waals surface area contributed by atoms with E-state index in [1.807, 2.05) is 26.8 Å². The maximum Gasteiger partial charge on any atom is 0.169 e. The van der Waals surface area contributed by atoms with Gasteiger partial charge in [-0.1, -0.05) is 59.6 Å². The van der Waals surface area contributed by atoms with Crippen molar-refractivity contribution >= 4 is 47.8 Å². The molecule has 0 saturated heterocycles. The van der Waals surface area contributed by atoms with Crippen molar-refractivity contribution in [1.82, 2.24) is 0 Å². The van der Waals surface area contributed by atoms with E-state index < -0.39 is 35.5 Å². The van der Waals surface area contributed by atoms with Crippen LogP contribution in [0, 0.1) is 60.7 Å². The summed E-state index contributed by atoms with van der Waals surface area (Å²) in [6.45, 7) is 10.8. The molecule has 8 rings (SSSR count). The number of terminal acetylenes is 2. The summed E-state index contributed by atoms with van der Waals surface area (Å²) in [5.74, 6) is 3.10. The number of ether oxygens (including phenoxy) is 4. The van der Waals surface area contributed by atoms with E-state index in [0.717, 1.165) is 77.4 Å². The minimum Gasteiger partial charge on any atom is -0.508 e. The Bertz CT molecular complexity index is 2460. The van der Waals surface area contributed by atoms with Crippen LogP contribution in [0.15, 0.2) is 80.1 Å². The van der Waals surface area contributed by atoms with Crippen molar-refractivity contribution in [3.05, 3.63) is 131 Å². The average molecular weight is 1130 g/mol. The van der Waals surface area contributed by atoms with Crippen LogP contribution in [0.1, 0.15) is 76.1 Å². The minimum absolute atomic E-state index is 0.0133. The fourth-order valence-corrected chi connectivity index (χ4v) is 7.34. The molecule has 3 aliphatic rings. The molecule has 16 heteroatoms. The molecule has 67 heavy (non-hydrogen) atoms. The van der Waals surface area contributed by atoms with Crippen LogP contribution in [-0.4, -0.2) is 50.9 Å². The second-order valence-corrected chi connectivity index (χ2v) is 18.2. The van der Waals surface area contributed by atoms with Gasteiger partial charge in [0.05, 0.1) is 18.3 Å². The van der Waals surface area contributed by atoms with Gasteiger partial charge in [0, 0.05) is 36.7 Å². The molecule has 0 saturated carbocycles. The highest BCUT2D eigenvalue weighted by molar-refractivity contribution is 9.11. The molecule has 3 heterocycles. The lowest BCUT2D eigenvalue weighted by molar-refractivity contribution is 0.182. The Morgan fingerprint density at radius 1 is 0.597 bits per heavy atom. The van der Waals surface area contributed by atoms with E-state index in [-0.39, 0.29) is 47.1 Å². The largest absolute Gasteiger partial charge is 0.508 e. The van der Waals surface area contributed by atoms with Crippen LogP contribution >= 0.6 is 47.8 Å². The molecule has 8 nitrogen and oxygen atoms in total. The second-order valence-electron chi connectivity index (χ2n) is 15.4. The van der Waals surface area contributed by atoms with Gasteiger partial charge >= 0.3 is 0 Å². The maximum absolute atomic E-state index is 13.4. The smallest absolute Gasteiger partial charge is 0.169 e. The molecule has 0 radical (unpaired) electrons. The molecule has 5 unspecified atom stereocenters. The van der Waals surface area contributed by atoms with Crippen molar-refractivity contribution in [3.63, 3.8) is 0 Å². The van der Waals surface area contributed by atoms with Crippen LogP contribution in [0.25, 0.3) is 0 Å². The molecule has 0 bridgehead atoms. The first kappa shape index (κ1) is 56.2. The van der Waals surface area contributed by atoms with Gasteiger partial charge in [-0.25, -0.2) is 22.0 Å². The maximum atomic E-state index is 13.4. The zero-order valence-electron chi connectivity index (χ0n) is 37.6. The minimum atomic E-state index is -0.607. The number of fused-ring (bicyclic) bond motifs is 3. The number of aliphatic hydroxyl groups is 1. The van der Waals surface area contributed by atoms with E-state index >= 15 is 0 Å². The Balaban J connectivity index is 0.000000218. The highest BCUT2D eigenvalue weighted by atomic mass is 79.9. The lowest BCUT2D eigenvalue weighted by Crippen LogP contribution is -2.20. The average Bonchev–Trinajstić information content (AvgIpc) is 3.27. The summed E-state index contributed by atoms with van der Waals surface area (Å²) in [6.07, 6.45) is 14.1. The Kier molecular flexibility index (Phi) is 22.7. The third-order valence-corrected chi connectivity index (χ3v) is 11.2. The number of halogens is 8. The molecular formula is C51H52Br3F5O8. The molecule has 4 N–H and O–H groups in total. The lowest BCUT2D eigenvalue weighted by atomic mass is 9.97. The number of aryl methyl sites for hydroxylation is 2. The Hall–Kier alpha value is -5.13. The zero-order chi connectivity index (χ0) is 50.1. The number of rotatable bonds is 2. The van der Waals surface area contributed by atoms with Crippen LogP contribution in [0.2, 0.25) is 0 Å². The predicted octanol–water partition coefficient (Wildman–Crippen LogP) is 13.4. The van der Waals surface area contributed by atoms with E-state index in [2.05, 4.69) is 66.1 Å². The first-order valence-electron chi connectivity index (χ1n) is 20.9. The molecule has 5 aromatic rings. The van der Waals surface area contributed by atoms with Gasteiger partial charge in [-0.3, -0.25) is 0 Å². The Morgan fingerprint density at radius 2 is 1.06 bits per heavy atom. The first-order valence-corrected chi connectivity index (χ1v) is 23.3. The highest BCUT2D eigenvalue weighted by Crippen LogP contribution is 2.38. The fourth-order valence-electron chi connectivity index (χ4n) is 6.20. The quantitative estimate of drug-likeness (QED) is 0.102. The van der Waals surface area contributed by atoms with E-state index in [1.165, 1.54) is 30.3 Å². The van der Waals surface area contributed by atoms with Crippen LogP contribution in [0.5, 0.6) is 40.2 Å². The van der Waals surface area contributed by atoms with Crippen LogP contribution < -0.4 is 18.9 Å².